The molecule has 4 heterocycles. The van der Waals surface area contributed by atoms with Crippen molar-refractivity contribution in [2.75, 3.05) is 13.1 Å². The molecule has 1 aliphatic rings. The first-order valence-electron chi connectivity index (χ1n) is 8.35. The van der Waals surface area contributed by atoms with Crippen LogP contribution >= 0.6 is 11.3 Å². The van der Waals surface area contributed by atoms with Crippen molar-refractivity contribution in [1.29, 1.82) is 0 Å². The SMILES string of the molecule is Cc1cc(C(=O)N2CCC[C@H](c3nnc(-c4cccs4)o3)C2)c(C)o1. The first-order chi connectivity index (χ1) is 12.1. The quantitative estimate of drug-likeness (QED) is 0.708. The molecule has 0 bridgehead atoms. The third-order valence-corrected chi connectivity index (χ3v) is 5.36. The summed E-state index contributed by atoms with van der Waals surface area (Å²) in [7, 11) is 0. The van der Waals surface area contributed by atoms with Gasteiger partial charge >= 0.3 is 0 Å². The number of likely N-dealkylation sites (tertiary alicyclic amines) is 1. The number of amides is 1. The number of nitrogens with zero attached hydrogens (tertiary/aromatic N) is 3. The molecule has 0 N–H and O–H groups in total. The van der Waals surface area contributed by atoms with Crippen LogP contribution in [0.2, 0.25) is 0 Å². The Bertz CT molecular complexity index is 881. The molecule has 1 fully saturated rings. The number of piperidine rings is 1. The summed E-state index contributed by atoms with van der Waals surface area (Å²) in [6.45, 7) is 5.01. The molecule has 1 amide bonds. The predicted octanol–water partition coefficient (Wildman–Crippen LogP) is 4.03. The van der Waals surface area contributed by atoms with Crippen molar-refractivity contribution in [2.24, 2.45) is 0 Å². The van der Waals surface area contributed by atoms with Crippen LogP contribution in [0.1, 0.15) is 46.5 Å². The summed E-state index contributed by atoms with van der Waals surface area (Å²) in [4.78, 5) is 15.6. The smallest absolute Gasteiger partial charge is 0.257 e. The number of hydrogen-bond donors (Lipinski definition) is 0. The van der Waals surface area contributed by atoms with E-state index < -0.39 is 0 Å². The van der Waals surface area contributed by atoms with Crippen LogP contribution < -0.4 is 0 Å². The maximum Gasteiger partial charge on any atom is 0.257 e. The van der Waals surface area contributed by atoms with Crippen molar-refractivity contribution in [1.82, 2.24) is 15.1 Å². The fourth-order valence-corrected chi connectivity index (χ4v) is 3.92. The van der Waals surface area contributed by atoms with Crippen molar-refractivity contribution in [2.45, 2.75) is 32.6 Å². The number of hydrogen-bond acceptors (Lipinski definition) is 6. The molecule has 3 aromatic heterocycles. The van der Waals surface area contributed by atoms with Crippen molar-refractivity contribution in [3.8, 4) is 10.8 Å². The van der Waals surface area contributed by atoms with E-state index >= 15 is 0 Å². The van der Waals surface area contributed by atoms with Gasteiger partial charge in [0.1, 0.15) is 11.5 Å². The largest absolute Gasteiger partial charge is 0.466 e. The average Bonchev–Trinajstić information content (AvgIpc) is 3.34. The van der Waals surface area contributed by atoms with Gasteiger partial charge in [-0.2, -0.15) is 0 Å². The predicted molar refractivity (Wildman–Crippen MR) is 93.7 cm³/mol. The number of rotatable bonds is 3. The zero-order chi connectivity index (χ0) is 17.4. The van der Waals surface area contributed by atoms with E-state index in [4.69, 9.17) is 8.83 Å². The van der Waals surface area contributed by atoms with Gasteiger partial charge < -0.3 is 13.7 Å². The van der Waals surface area contributed by atoms with Crippen LogP contribution in [0, 0.1) is 13.8 Å². The molecule has 1 saturated heterocycles. The van der Waals surface area contributed by atoms with E-state index in [2.05, 4.69) is 10.2 Å². The van der Waals surface area contributed by atoms with Gasteiger partial charge in [-0.3, -0.25) is 4.79 Å². The molecule has 0 spiro atoms. The number of thiophene rings is 1. The normalized spacial score (nSPS) is 17.8. The third kappa shape index (κ3) is 3.11. The molecule has 3 aromatic rings. The van der Waals surface area contributed by atoms with Crippen molar-refractivity contribution < 1.29 is 13.6 Å². The molecule has 25 heavy (non-hydrogen) atoms. The van der Waals surface area contributed by atoms with Gasteiger partial charge in [0, 0.05) is 13.1 Å². The zero-order valence-electron chi connectivity index (χ0n) is 14.2. The van der Waals surface area contributed by atoms with Gasteiger partial charge in [0.15, 0.2) is 0 Å². The lowest BCUT2D eigenvalue weighted by Gasteiger charge is -2.31. The summed E-state index contributed by atoms with van der Waals surface area (Å²) in [5, 5.41) is 10.4. The Balaban J connectivity index is 1.51. The van der Waals surface area contributed by atoms with Crippen LogP contribution in [0.4, 0.5) is 0 Å². The van der Waals surface area contributed by atoms with E-state index in [1.165, 1.54) is 0 Å². The molecule has 7 heteroatoms. The van der Waals surface area contributed by atoms with E-state index in [9.17, 15) is 4.79 Å². The van der Waals surface area contributed by atoms with E-state index in [-0.39, 0.29) is 11.8 Å². The third-order valence-electron chi connectivity index (χ3n) is 4.50. The van der Waals surface area contributed by atoms with Gasteiger partial charge in [0.25, 0.3) is 11.8 Å². The summed E-state index contributed by atoms with van der Waals surface area (Å²) in [6, 6.07) is 5.73. The molecule has 1 aliphatic heterocycles. The molecule has 6 nitrogen and oxygen atoms in total. The summed E-state index contributed by atoms with van der Waals surface area (Å²) < 4.78 is 11.4. The zero-order valence-corrected chi connectivity index (χ0v) is 15.0. The first-order valence-corrected chi connectivity index (χ1v) is 9.23. The molecule has 0 aliphatic carbocycles. The van der Waals surface area contributed by atoms with Gasteiger partial charge in [0.2, 0.25) is 5.89 Å². The lowest BCUT2D eigenvalue weighted by Crippen LogP contribution is -2.39. The highest BCUT2D eigenvalue weighted by Crippen LogP contribution is 2.31. The fraction of sp³-hybridized carbons (Fsp3) is 0.389. The average molecular weight is 357 g/mol. The number of aryl methyl sites for hydroxylation is 2. The second-order valence-corrected chi connectivity index (χ2v) is 7.29. The van der Waals surface area contributed by atoms with Crippen LogP contribution in [0.5, 0.6) is 0 Å². The minimum Gasteiger partial charge on any atom is -0.466 e. The Labute approximate surface area is 149 Å². The van der Waals surface area contributed by atoms with E-state index in [1.807, 2.05) is 42.3 Å². The van der Waals surface area contributed by atoms with Crippen molar-refractivity contribution in [3.05, 3.63) is 46.6 Å². The minimum absolute atomic E-state index is 0.0112. The molecular formula is C18H19N3O3S. The molecule has 0 radical (unpaired) electrons. The Morgan fingerprint density at radius 3 is 2.92 bits per heavy atom. The second kappa shape index (κ2) is 6.48. The maximum absolute atomic E-state index is 12.8. The second-order valence-electron chi connectivity index (χ2n) is 6.34. The summed E-state index contributed by atoms with van der Waals surface area (Å²) in [6.07, 6.45) is 1.86. The highest BCUT2D eigenvalue weighted by molar-refractivity contribution is 7.13. The summed E-state index contributed by atoms with van der Waals surface area (Å²) in [5.41, 5.74) is 0.642. The number of aromatic nitrogens is 2. The van der Waals surface area contributed by atoms with Crippen LogP contribution in [0.25, 0.3) is 10.8 Å². The highest BCUT2D eigenvalue weighted by Gasteiger charge is 2.30. The van der Waals surface area contributed by atoms with Crippen LogP contribution in [-0.2, 0) is 0 Å². The lowest BCUT2D eigenvalue weighted by atomic mass is 9.97. The standard InChI is InChI=1S/C18H19N3O3S/c1-11-9-14(12(2)23-11)18(22)21-7-3-5-13(10-21)16-19-20-17(24-16)15-6-4-8-25-15/h4,6,8-9,13H,3,5,7,10H2,1-2H3/t13-/m0/s1. The summed E-state index contributed by atoms with van der Waals surface area (Å²) >= 11 is 1.57. The Morgan fingerprint density at radius 1 is 1.32 bits per heavy atom. The molecule has 130 valence electrons. The van der Waals surface area contributed by atoms with E-state index in [0.717, 1.165) is 30.0 Å². The highest BCUT2D eigenvalue weighted by atomic mass is 32.1. The van der Waals surface area contributed by atoms with Gasteiger partial charge in [-0.1, -0.05) is 6.07 Å². The van der Waals surface area contributed by atoms with Crippen LogP contribution in [0.3, 0.4) is 0 Å². The van der Waals surface area contributed by atoms with Gasteiger partial charge in [-0.05, 0) is 44.2 Å². The van der Waals surface area contributed by atoms with Crippen LogP contribution in [0.15, 0.2) is 32.4 Å². The Morgan fingerprint density at radius 2 is 2.20 bits per heavy atom. The fourth-order valence-electron chi connectivity index (χ4n) is 3.28. The molecule has 4 rings (SSSR count). The topological polar surface area (TPSA) is 72.4 Å². The van der Waals surface area contributed by atoms with Crippen LogP contribution in [-0.4, -0.2) is 34.1 Å². The Kier molecular flexibility index (Phi) is 4.17. The van der Waals surface area contributed by atoms with Gasteiger partial charge in [-0.15, -0.1) is 21.5 Å². The lowest BCUT2D eigenvalue weighted by molar-refractivity contribution is 0.0696. The molecule has 0 saturated carbocycles. The summed E-state index contributed by atoms with van der Waals surface area (Å²) in [5.74, 6) is 2.68. The number of carbonyl (C=O) groups is 1. The minimum atomic E-state index is 0.0112. The molecule has 0 aromatic carbocycles. The molecule has 0 unspecified atom stereocenters. The number of carbonyl (C=O) groups excluding carboxylic acids is 1. The van der Waals surface area contributed by atoms with E-state index in [1.54, 1.807) is 11.3 Å². The monoisotopic (exact) mass is 357 g/mol. The Hall–Kier alpha value is -2.41. The maximum atomic E-state index is 12.8. The van der Waals surface area contributed by atoms with Crippen molar-refractivity contribution >= 4 is 17.2 Å². The number of furan rings is 1. The molecule has 1 atom stereocenters. The molecular weight excluding hydrogens is 338 g/mol. The van der Waals surface area contributed by atoms with Gasteiger partial charge in [-0.25, -0.2) is 0 Å². The van der Waals surface area contributed by atoms with Crippen molar-refractivity contribution in [3.63, 3.8) is 0 Å². The first kappa shape index (κ1) is 16.1. The van der Waals surface area contributed by atoms with Gasteiger partial charge in [0.05, 0.1) is 16.4 Å². The van der Waals surface area contributed by atoms with E-state index in [0.29, 0.717) is 29.6 Å².